The molecule has 1 aliphatic heterocycles. The Morgan fingerprint density at radius 1 is 1.02 bits per heavy atom. The summed E-state index contributed by atoms with van der Waals surface area (Å²) in [5.74, 6) is -4.45. The molecule has 0 saturated carbocycles. The summed E-state index contributed by atoms with van der Waals surface area (Å²) in [7, 11) is -3.59. The van der Waals surface area contributed by atoms with E-state index in [2.05, 4.69) is 31.9 Å². The number of ether oxygens (including phenoxy) is 3. The number of nitrogens with zero attached hydrogens (tertiary/aromatic N) is 2. The molecule has 0 spiro atoms. The number of nitro benzene ring substituents is 2. The molecule has 0 unspecified atom stereocenters. The Bertz CT molecular complexity index is 1470. The van der Waals surface area contributed by atoms with Crippen molar-refractivity contribution in [1.29, 1.82) is 0 Å². The van der Waals surface area contributed by atoms with E-state index in [0.717, 1.165) is 7.11 Å². The molecule has 2 aromatic rings. The number of alkyl halides is 2. The number of esters is 2. The van der Waals surface area contributed by atoms with E-state index in [9.17, 15) is 39.5 Å². The molecule has 0 aromatic heterocycles. The number of rotatable bonds is 14. The highest BCUT2D eigenvalue weighted by molar-refractivity contribution is 9.24. The summed E-state index contributed by atoms with van der Waals surface area (Å²) in [6.07, 6.45) is -2.59. The van der Waals surface area contributed by atoms with E-state index >= 15 is 0 Å². The van der Waals surface area contributed by atoms with Crippen LogP contribution in [-0.4, -0.2) is 75.1 Å². The van der Waals surface area contributed by atoms with Gasteiger partial charge in [-0.15, -0.1) is 0 Å². The summed E-state index contributed by atoms with van der Waals surface area (Å²) >= 11 is 6.35. The van der Waals surface area contributed by atoms with Gasteiger partial charge in [0.25, 0.3) is 11.4 Å². The van der Waals surface area contributed by atoms with Crippen LogP contribution in [0, 0.1) is 20.2 Å². The molecule has 1 saturated heterocycles. The first-order valence-corrected chi connectivity index (χ1v) is 16.8. The number of aliphatic hydroxyl groups excluding tert-OH is 1. The number of phosphoric acid groups is 1. The normalized spacial score (nSPS) is 22.8. The zero-order chi connectivity index (χ0) is 33.6. The van der Waals surface area contributed by atoms with Crippen molar-refractivity contribution in [3.05, 3.63) is 91.5 Å². The lowest BCUT2D eigenvalue weighted by molar-refractivity contribution is -0.385. The van der Waals surface area contributed by atoms with E-state index in [0.29, 0.717) is 11.1 Å². The first kappa shape index (κ1) is 35.8. The molecular weight excluding hydrogens is 767 g/mol. The molecule has 16 nitrogen and oxygen atoms in total. The minimum absolute atomic E-state index is 0.0469. The van der Waals surface area contributed by atoms with E-state index in [1.54, 1.807) is 0 Å². The number of halogens is 2. The summed E-state index contributed by atoms with van der Waals surface area (Å²) < 4.78 is 46.0. The summed E-state index contributed by atoms with van der Waals surface area (Å²) in [5, 5.41) is 32.5. The molecule has 2 aromatic carbocycles. The van der Waals surface area contributed by atoms with Gasteiger partial charge in [-0.3, -0.25) is 29.3 Å². The minimum Gasteiger partial charge on any atom is -0.466 e. The third kappa shape index (κ3) is 8.43. The number of nitro groups is 2. The highest BCUT2D eigenvalue weighted by atomic mass is 79.9. The molecule has 1 heterocycles. The Morgan fingerprint density at radius 2 is 1.52 bits per heavy atom. The predicted molar refractivity (Wildman–Crippen MR) is 164 cm³/mol. The molecule has 4 rings (SSSR count). The maximum absolute atomic E-state index is 14.1. The summed E-state index contributed by atoms with van der Waals surface area (Å²) in [6.45, 7) is -0.597. The zero-order valence-corrected chi connectivity index (χ0v) is 28.0. The monoisotopic (exact) mass is 792 g/mol. The van der Waals surface area contributed by atoms with E-state index in [1.165, 1.54) is 54.6 Å². The zero-order valence-electron chi connectivity index (χ0n) is 23.9. The second-order valence-corrected chi connectivity index (χ2v) is 14.6. The largest absolute Gasteiger partial charge is 0.477 e. The minimum atomic E-state index is -4.74. The average Bonchev–Trinajstić information content (AvgIpc) is 3.01. The smallest absolute Gasteiger partial charge is 0.466 e. The molecule has 4 atom stereocenters. The molecule has 1 aliphatic carbocycles. The Kier molecular flexibility index (Phi) is 11.8. The van der Waals surface area contributed by atoms with Crippen molar-refractivity contribution in [2.24, 2.45) is 0 Å². The van der Waals surface area contributed by atoms with Crippen LogP contribution in [0.5, 0.6) is 0 Å². The van der Waals surface area contributed by atoms with Gasteiger partial charge in [0.15, 0.2) is 6.10 Å². The SMILES string of the molecule is COC(=O)C1=C[C@@H](O)[C@H]2OC(=O)[C@](OP(=O)(OCCc3ccc([N+](=O)[O-])cc3)OCCc3ccc([N+](=O)[O-])cc3)(C(Br)Br)O[C@@H]2C1. The summed E-state index contributed by atoms with van der Waals surface area (Å²) in [5.41, 5.74) is 0.975. The number of benzene rings is 2. The fourth-order valence-electron chi connectivity index (χ4n) is 4.55. The summed E-state index contributed by atoms with van der Waals surface area (Å²) in [4.78, 5) is 46.4. The van der Waals surface area contributed by atoms with Gasteiger partial charge in [-0.25, -0.2) is 18.7 Å². The highest BCUT2D eigenvalue weighted by Gasteiger charge is 2.61. The Morgan fingerprint density at radius 3 is 1.96 bits per heavy atom. The molecule has 0 radical (unpaired) electrons. The molecule has 0 amide bonds. The first-order valence-electron chi connectivity index (χ1n) is 13.5. The van der Waals surface area contributed by atoms with Gasteiger partial charge in [0, 0.05) is 36.3 Å². The van der Waals surface area contributed by atoms with Crippen LogP contribution in [0.2, 0.25) is 0 Å². The molecule has 46 heavy (non-hydrogen) atoms. The molecule has 0 bridgehead atoms. The second kappa shape index (κ2) is 15.2. The third-order valence-corrected chi connectivity index (χ3v) is 9.60. The average molecular weight is 794 g/mol. The number of carbonyl (C=O) groups excluding carboxylic acids is 2. The maximum atomic E-state index is 14.1. The molecule has 2 aliphatic rings. The van der Waals surface area contributed by atoms with Gasteiger partial charge in [-0.1, -0.05) is 56.1 Å². The van der Waals surface area contributed by atoms with Gasteiger partial charge in [-0.2, -0.15) is 0 Å². The van der Waals surface area contributed by atoms with Gasteiger partial charge in [0.2, 0.25) is 0 Å². The fourth-order valence-corrected chi connectivity index (χ4v) is 6.98. The number of phosphoric ester groups is 1. The lowest BCUT2D eigenvalue weighted by atomic mass is 9.90. The predicted octanol–water partition coefficient (Wildman–Crippen LogP) is 4.43. The Balaban J connectivity index is 1.55. The third-order valence-electron chi connectivity index (χ3n) is 6.91. The Hall–Kier alpha value is -3.09. The molecule has 1 N–H and O–H groups in total. The molecule has 248 valence electrons. The van der Waals surface area contributed by atoms with Crippen LogP contribution in [0.1, 0.15) is 17.5 Å². The van der Waals surface area contributed by atoms with Crippen LogP contribution in [0.25, 0.3) is 0 Å². The van der Waals surface area contributed by atoms with E-state index < -0.39 is 57.4 Å². The summed E-state index contributed by atoms with van der Waals surface area (Å²) in [6, 6.07) is 11.1. The van der Waals surface area contributed by atoms with Crippen molar-refractivity contribution in [1.82, 2.24) is 0 Å². The van der Waals surface area contributed by atoms with Crippen molar-refractivity contribution in [2.75, 3.05) is 20.3 Å². The number of aliphatic hydroxyl groups is 1. The standard InChI is InChI=1S/C27H27Br2N2O14P/c1-40-24(33)18-14-21(32)23-22(15-18)44-27(25(28)29,26(34)43-23)45-46(39,41-12-10-16-2-6-19(7-3-16)30(35)36)42-13-11-17-4-8-20(9-5-17)31(37)38/h2-9,14,21-23,25,32H,10-13,15H2,1H3/t21-,22-,23-,27-/m1/s1. The fraction of sp³-hybridized carbons (Fsp3) is 0.407. The van der Waals surface area contributed by atoms with Crippen LogP contribution in [-0.2, 0) is 54.8 Å². The van der Waals surface area contributed by atoms with Crippen molar-refractivity contribution < 1.29 is 56.9 Å². The lowest BCUT2D eigenvalue weighted by Gasteiger charge is -2.46. The first-order chi connectivity index (χ1) is 21.8. The number of non-ortho nitro benzene ring substituents is 2. The van der Waals surface area contributed by atoms with Gasteiger partial charge >= 0.3 is 25.5 Å². The van der Waals surface area contributed by atoms with Crippen LogP contribution < -0.4 is 0 Å². The number of hydrogen-bond acceptors (Lipinski definition) is 14. The van der Waals surface area contributed by atoms with Crippen LogP contribution in [0.3, 0.4) is 0 Å². The van der Waals surface area contributed by atoms with E-state index in [1.807, 2.05) is 0 Å². The molecule has 19 heteroatoms. The number of carbonyl (C=O) groups is 2. The van der Waals surface area contributed by atoms with Gasteiger partial charge in [-0.05, 0) is 30.0 Å². The van der Waals surface area contributed by atoms with E-state index in [-0.39, 0.29) is 49.4 Å². The van der Waals surface area contributed by atoms with Gasteiger partial charge in [0.1, 0.15) is 15.9 Å². The quantitative estimate of drug-likeness (QED) is 0.0922. The Labute approximate surface area is 278 Å². The van der Waals surface area contributed by atoms with Crippen molar-refractivity contribution in [3.63, 3.8) is 0 Å². The van der Waals surface area contributed by atoms with Gasteiger partial charge < -0.3 is 19.3 Å². The number of hydrogen-bond donors (Lipinski definition) is 1. The second-order valence-electron chi connectivity index (χ2n) is 9.92. The van der Waals surface area contributed by atoms with E-state index in [4.69, 9.17) is 27.8 Å². The number of fused-ring (bicyclic) bond motifs is 1. The highest BCUT2D eigenvalue weighted by Crippen LogP contribution is 2.57. The maximum Gasteiger partial charge on any atom is 0.477 e. The molecular formula is C27H27Br2N2O14P. The van der Waals surface area contributed by atoms with Crippen LogP contribution in [0.15, 0.2) is 60.2 Å². The molecule has 1 fully saturated rings. The van der Waals surface area contributed by atoms with Crippen molar-refractivity contribution in [2.45, 2.75) is 47.1 Å². The van der Waals surface area contributed by atoms with Crippen molar-refractivity contribution in [3.8, 4) is 0 Å². The van der Waals surface area contributed by atoms with Crippen LogP contribution in [0.4, 0.5) is 11.4 Å². The topological polar surface area (TPSA) is 213 Å². The van der Waals surface area contributed by atoms with Crippen LogP contribution >= 0.6 is 39.7 Å². The lowest BCUT2D eigenvalue weighted by Crippen LogP contribution is -2.63. The van der Waals surface area contributed by atoms with Crippen molar-refractivity contribution >= 4 is 63.0 Å². The number of methoxy groups -OCH3 is 1. The van der Waals surface area contributed by atoms with Gasteiger partial charge in [0.05, 0.1) is 30.2 Å².